The van der Waals surface area contributed by atoms with Crippen LogP contribution in [0.1, 0.15) is 18.1 Å². The van der Waals surface area contributed by atoms with E-state index in [0.717, 1.165) is 16.9 Å². The molecule has 0 aliphatic rings. The minimum atomic E-state index is 0.594. The minimum Gasteiger partial charge on any atom is -0.494 e. The van der Waals surface area contributed by atoms with Gasteiger partial charge in [0.05, 0.1) is 11.7 Å². The van der Waals surface area contributed by atoms with Crippen molar-refractivity contribution in [1.29, 1.82) is 5.41 Å². The number of thioether (sulfide) groups is 1. The molecule has 0 atom stereocenters. The normalized spacial score (nSPS) is 9.93. The summed E-state index contributed by atoms with van der Waals surface area (Å²) in [7, 11) is 0. The average molecular weight is 209 g/mol. The van der Waals surface area contributed by atoms with Crippen molar-refractivity contribution >= 4 is 16.8 Å². The maximum absolute atomic E-state index is 7.67. The molecule has 1 N–H and O–H groups in total. The van der Waals surface area contributed by atoms with Crippen LogP contribution >= 0.6 is 11.8 Å². The fraction of sp³-hybridized carbons (Fsp3) is 0.364. The van der Waals surface area contributed by atoms with E-state index in [1.165, 1.54) is 11.8 Å². The third-order valence-electron chi connectivity index (χ3n) is 1.94. The summed E-state index contributed by atoms with van der Waals surface area (Å²) >= 11 is 1.45. The molecule has 0 aliphatic carbocycles. The number of aryl methyl sites for hydroxylation is 1. The summed E-state index contributed by atoms with van der Waals surface area (Å²) in [6.45, 7) is 4.65. The van der Waals surface area contributed by atoms with Gasteiger partial charge in [0.2, 0.25) is 0 Å². The third-order valence-corrected chi connectivity index (χ3v) is 2.59. The Morgan fingerprint density at radius 1 is 1.50 bits per heavy atom. The first kappa shape index (κ1) is 11.1. The molecule has 0 unspecified atom stereocenters. The smallest absolute Gasteiger partial charge is 0.122 e. The van der Waals surface area contributed by atoms with Gasteiger partial charge in [-0.15, -0.1) is 11.8 Å². The van der Waals surface area contributed by atoms with Crippen LogP contribution in [0.2, 0.25) is 0 Å². The van der Waals surface area contributed by atoms with E-state index in [9.17, 15) is 0 Å². The molecule has 0 amide bonds. The fourth-order valence-electron chi connectivity index (χ4n) is 1.23. The van der Waals surface area contributed by atoms with Crippen LogP contribution in [0, 0.1) is 12.3 Å². The largest absolute Gasteiger partial charge is 0.494 e. The first-order valence-corrected chi connectivity index (χ1v) is 5.78. The Balaban J connectivity index is 2.94. The van der Waals surface area contributed by atoms with E-state index in [4.69, 9.17) is 10.1 Å². The third kappa shape index (κ3) is 2.51. The molecule has 2 nitrogen and oxygen atoms in total. The van der Waals surface area contributed by atoms with E-state index in [0.29, 0.717) is 11.7 Å². The average Bonchev–Trinajstić information content (AvgIpc) is 2.20. The molecule has 0 fully saturated rings. The highest BCUT2D eigenvalue weighted by Gasteiger charge is 2.03. The lowest BCUT2D eigenvalue weighted by atomic mass is 10.1. The molecule has 0 spiro atoms. The zero-order valence-electron chi connectivity index (χ0n) is 8.76. The Labute approximate surface area is 89.2 Å². The predicted octanol–water partition coefficient (Wildman–Crippen LogP) is 3.08. The molecule has 0 aromatic heterocycles. The van der Waals surface area contributed by atoms with Crippen LogP contribution in [0.3, 0.4) is 0 Å². The summed E-state index contributed by atoms with van der Waals surface area (Å²) in [5, 5.41) is 8.26. The minimum absolute atomic E-state index is 0.594. The highest BCUT2D eigenvalue weighted by atomic mass is 32.2. The summed E-state index contributed by atoms with van der Waals surface area (Å²) < 4.78 is 5.43. The van der Waals surface area contributed by atoms with Crippen LogP contribution in [0.25, 0.3) is 0 Å². The van der Waals surface area contributed by atoms with Gasteiger partial charge in [-0.2, -0.15) is 0 Å². The first-order valence-electron chi connectivity index (χ1n) is 4.55. The van der Waals surface area contributed by atoms with Crippen molar-refractivity contribution in [2.24, 2.45) is 0 Å². The SMILES string of the molecule is CCOc1ccc(C(=N)SC)cc1C. The van der Waals surface area contributed by atoms with Crippen molar-refractivity contribution in [2.45, 2.75) is 13.8 Å². The van der Waals surface area contributed by atoms with Gasteiger partial charge in [0.15, 0.2) is 0 Å². The number of hydrogen-bond acceptors (Lipinski definition) is 3. The van der Waals surface area contributed by atoms with Crippen LogP contribution in [0.15, 0.2) is 18.2 Å². The van der Waals surface area contributed by atoms with Gasteiger partial charge in [-0.3, -0.25) is 5.41 Å². The second-order valence-electron chi connectivity index (χ2n) is 2.95. The Morgan fingerprint density at radius 3 is 2.71 bits per heavy atom. The lowest BCUT2D eigenvalue weighted by Gasteiger charge is -2.08. The van der Waals surface area contributed by atoms with Gasteiger partial charge in [-0.25, -0.2) is 0 Å². The Kier molecular flexibility index (Phi) is 4.01. The van der Waals surface area contributed by atoms with Crippen molar-refractivity contribution in [3.8, 4) is 5.75 Å². The molecule has 0 heterocycles. The van der Waals surface area contributed by atoms with E-state index >= 15 is 0 Å². The van der Waals surface area contributed by atoms with Gasteiger partial charge >= 0.3 is 0 Å². The van der Waals surface area contributed by atoms with Crippen LogP contribution in [0.5, 0.6) is 5.75 Å². The first-order chi connectivity index (χ1) is 6.69. The molecule has 0 radical (unpaired) electrons. The molecule has 1 aromatic rings. The second-order valence-corrected chi connectivity index (χ2v) is 3.76. The zero-order valence-corrected chi connectivity index (χ0v) is 9.57. The molecule has 1 aromatic carbocycles. The van der Waals surface area contributed by atoms with Gasteiger partial charge in [-0.05, 0) is 43.9 Å². The molecule has 0 bridgehead atoms. The number of hydrogen-bond donors (Lipinski definition) is 1. The summed E-state index contributed by atoms with van der Waals surface area (Å²) in [5.74, 6) is 0.908. The molecule has 0 aliphatic heterocycles. The molecule has 1 rings (SSSR count). The topological polar surface area (TPSA) is 33.1 Å². The molecular weight excluding hydrogens is 194 g/mol. The quantitative estimate of drug-likeness (QED) is 0.613. The lowest BCUT2D eigenvalue weighted by molar-refractivity contribution is 0.338. The Morgan fingerprint density at radius 2 is 2.21 bits per heavy atom. The summed E-state index contributed by atoms with van der Waals surface area (Å²) in [6, 6.07) is 5.85. The van der Waals surface area contributed by atoms with E-state index < -0.39 is 0 Å². The predicted molar refractivity (Wildman–Crippen MR) is 62.7 cm³/mol. The number of ether oxygens (including phenoxy) is 1. The summed E-state index contributed by atoms with van der Waals surface area (Å²) in [5.41, 5.74) is 2.04. The number of rotatable bonds is 3. The zero-order chi connectivity index (χ0) is 10.6. The second kappa shape index (κ2) is 5.05. The van der Waals surface area contributed by atoms with Gasteiger partial charge in [0.1, 0.15) is 5.75 Å². The van der Waals surface area contributed by atoms with E-state index in [-0.39, 0.29) is 0 Å². The van der Waals surface area contributed by atoms with E-state index in [1.54, 1.807) is 0 Å². The number of nitrogens with one attached hydrogen (secondary N) is 1. The van der Waals surface area contributed by atoms with Crippen molar-refractivity contribution < 1.29 is 4.74 Å². The molecule has 14 heavy (non-hydrogen) atoms. The Hall–Kier alpha value is -0.960. The molecule has 3 heteroatoms. The van der Waals surface area contributed by atoms with Crippen molar-refractivity contribution in [3.05, 3.63) is 29.3 Å². The van der Waals surface area contributed by atoms with Gasteiger partial charge in [0.25, 0.3) is 0 Å². The summed E-state index contributed by atoms with van der Waals surface area (Å²) in [4.78, 5) is 0. The van der Waals surface area contributed by atoms with Crippen molar-refractivity contribution in [1.82, 2.24) is 0 Å². The monoisotopic (exact) mass is 209 g/mol. The highest BCUT2D eigenvalue weighted by Crippen LogP contribution is 2.21. The van der Waals surface area contributed by atoms with Crippen molar-refractivity contribution in [3.63, 3.8) is 0 Å². The van der Waals surface area contributed by atoms with Crippen LogP contribution in [-0.4, -0.2) is 17.9 Å². The Bertz CT molecular complexity index is 336. The maximum Gasteiger partial charge on any atom is 0.122 e. The van der Waals surface area contributed by atoms with Crippen LogP contribution in [-0.2, 0) is 0 Å². The maximum atomic E-state index is 7.67. The van der Waals surface area contributed by atoms with Crippen LogP contribution < -0.4 is 4.74 Å². The van der Waals surface area contributed by atoms with Crippen LogP contribution in [0.4, 0.5) is 0 Å². The molecule has 0 saturated carbocycles. The highest BCUT2D eigenvalue weighted by molar-refractivity contribution is 8.13. The lowest BCUT2D eigenvalue weighted by Crippen LogP contribution is -1.97. The van der Waals surface area contributed by atoms with Gasteiger partial charge in [-0.1, -0.05) is 0 Å². The number of benzene rings is 1. The van der Waals surface area contributed by atoms with E-state index in [1.807, 2.05) is 38.3 Å². The standard InChI is InChI=1S/C11H15NOS/c1-4-13-10-6-5-9(7-8(10)2)11(12)14-3/h5-7,12H,4H2,1-3H3. The summed E-state index contributed by atoms with van der Waals surface area (Å²) in [6.07, 6.45) is 1.91. The van der Waals surface area contributed by atoms with E-state index in [2.05, 4.69) is 0 Å². The molecule has 76 valence electrons. The van der Waals surface area contributed by atoms with Gasteiger partial charge < -0.3 is 4.74 Å². The molecule has 0 saturated heterocycles. The fourth-order valence-corrected chi connectivity index (χ4v) is 1.59. The van der Waals surface area contributed by atoms with Crippen molar-refractivity contribution in [2.75, 3.05) is 12.9 Å². The van der Waals surface area contributed by atoms with Gasteiger partial charge in [0, 0.05) is 5.56 Å². The molecular formula is C11H15NOS.